The number of para-hydroxylation sites is 1. The van der Waals surface area contributed by atoms with Gasteiger partial charge < -0.3 is 4.57 Å². The van der Waals surface area contributed by atoms with Gasteiger partial charge in [0.25, 0.3) is 0 Å². The van der Waals surface area contributed by atoms with Crippen LogP contribution in [-0.2, 0) is 27.2 Å². The van der Waals surface area contributed by atoms with Gasteiger partial charge in [0.15, 0.2) is 0 Å². The quantitative estimate of drug-likeness (QED) is 0.389. The predicted molar refractivity (Wildman–Crippen MR) is 94.1 cm³/mol. The first-order valence-electron chi connectivity index (χ1n) is 7.88. The monoisotopic (exact) mass is 509 g/mol. The smallest absolute Gasteiger partial charge is 0.127 e. The van der Waals surface area contributed by atoms with Crippen LogP contribution in [0.2, 0.25) is 0 Å². The molecule has 2 aromatic heterocycles. The van der Waals surface area contributed by atoms with Gasteiger partial charge in [0.1, 0.15) is 6.33 Å². The Balaban J connectivity index is 0.00000182. The molecule has 0 bridgehead atoms. The van der Waals surface area contributed by atoms with E-state index in [1.807, 2.05) is 30.8 Å². The van der Waals surface area contributed by atoms with E-state index in [9.17, 15) is 0 Å². The molecule has 5 nitrogen and oxygen atoms in total. The second-order valence-electron chi connectivity index (χ2n) is 6.07. The summed E-state index contributed by atoms with van der Waals surface area (Å²) in [5.41, 5.74) is 6.29. The molecule has 0 aliphatic heterocycles. The molecule has 0 aliphatic carbocycles. The topological polar surface area (TPSA) is 48.5 Å². The molecule has 0 N–H and O–H groups in total. The minimum atomic E-state index is 0. The Hall–Kier alpha value is -2.30. The molecule has 25 heavy (non-hydrogen) atoms. The van der Waals surface area contributed by atoms with Crippen LogP contribution >= 0.6 is 0 Å². The van der Waals surface area contributed by atoms with Crippen molar-refractivity contribution in [3.05, 3.63) is 59.7 Å². The Morgan fingerprint density at radius 3 is 2.52 bits per heavy atom. The Morgan fingerprint density at radius 2 is 1.80 bits per heavy atom. The van der Waals surface area contributed by atoms with E-state index in [1.54, 1.807) is 6.33 Å². The van der Waals surface area contributed by atoms with Crippen LogP contribution in [0.25, 0.3) is 28.1 Å². The van der Waals surface area contributed by atoms with Crippen molar-refractivity contribution >= 4 is 11.0 Å². The molecular weight excluding hydrogens is 490 g/mol. The minimum absolute atomic E-state index is 0. The first-order chi connectivity index (χ1) is 11.6. The number of nitrogens with zero attached hydrogens (tertiary/aromatic N) is 5. The molecule has 0 fully saturated rings. The molecule has 0 aliphatic rings. The van der Waals surface area contributed by atoms with Gasteiger partial charge in [-0.15, -0.1) is 23.8 Å². The molecule has 0 unspecified atom stereocenters. The van der Waals surface area contributed by atoms with E-state index >= 15 is 0 Å². The molecule has 6 heteroatoms. The van der Waals surface area contributed by atoms with Gasteiger partial charge in [0.05, 0.1) is 17.3 Å². The number of benzene rings is 2. The fourth-order valence-corrected chi connectivity index (χ4v) is 3.11. The van der Waals surface area contributed by atoms with Gasteiger partial charge in [-0.3, -0.25) is 14.6 Å². The SMILES string of the molecule is Cc1cccc(C)c1-n1ncnc1-c1[c-]cc2c(c1)nc(C)n2C.[Ir]. The van der Waals surface area contributed by atoms with E-state index in [0.717, 1.165) is 45.1 Å². The molecule has 0 saturated heterocycles. The molecule has 0 atom stereocenters. The summed E-state index contributed by atoms with van der Waals surface area (Å²) in [6.45, 7) is 6.17. The summed E-state index contributed by atoms with van der Waals surface area (Å²) in [6.07, 6.45) is 1.59. The standard InChI is InChI=1S/C19H18N5.Ir/c1-12-6-5-7-13(2)18(12)24-19(20-11-21-24)15-8-9-17-16(10-15)22-14(3)23(17)4;/h5-7,9-11H,1-4H3;/q-1;. The van der Waals surface area contributed by atoms with Crippen molar-refractivity contribution < 1.29 is 20.1 Å². The van der Waals surface area contributed by atoms with Crippen molar-refractivity contribution in [2.75, 3.05) is 0 Å². The molecule has 4 rings (SSSR count). The molecule has 129 valence electrons. The van der Waals surface area contributed by atoms with Crippen LogP contribution in [0.4, 0.5) is 0 Å². The van der Waals surface area contributed by atoms with Gasteiger partial charge >= 0.3 is 0 Å². The molecule has 0 spiro atoms. The fraction of sp³-hybridized carbons (Fsp3) is 0.211. The predicted octanol–water partition coefficient (Wildman–Crippen LogP) is 3.54. The number of aromatic nitrogens is 5. The zero-order valence-corrected chi connectivity index (χ0v) is 16.9. The van der Waals surface area contributed by atoms with Gasteiger partial charge in [0, 0.05) is 32.7 Å². The maximum atomic E-state index is 4.61. The van der Waals surface area contributed by atoms with E-state index in [-0.39, 0.29) is 20.1 Å². The third-order valence-electron chi connectivity index (χ3n) is 4.48. The van der Waals surface area contributed by atoms with Crippen LogP contribution in [-0.4, -0.2) is 24.3 Å². The molecule has 1 radical (unpaired) electrons. The van der Waals surface area contributed by atoms with Crippen LogP contribution in [0.3, 0.4) is 0 Å². The summed E-state index contributed by atoms with van der Waals surface area (Å²) in [5, 5.41) is 4.45. The maximum Gasteiger partial charge on any atom is 0.127 e. The van der Waals surface area contributed by atoms with Crippen LogP contribution in [0.1, 0.15) is 17.0 Å². The average molecular weight is 509 g/mol. The summed E-state index contributed by atoms with van der Waals surface area (Å²) >= 11 is 0. The molecule has 0 amide bonds. The number of aryl methyl sites for hydroxylation is 4. The number of hydrogen-bond acceptors (Lipinski definition) is 3. The van der Waals surface area contributed by atoms with Crippen molar-refractivity contribution in [1.82, 2.24) is 24.3 Å². The Morgan fingerprint density at radius 1 is 1.08 bits per heavy atom. The van der Waals surface area contributed by atoms with E-state index in [1.165, 1.54) is 0 Å². The summed E-state index contributed by atoms with van der Waals surface area (Å²) in [7, 11) is 2.01. The summed E-state index contributed by atoms with van der Waals surface area (Å²) in [6, 6.07) is 13.6. The number of hydrogen-bond donors (Lipinski definition) is 0. The van der Waals surface area contributed by atoms with E-state index in [4.69, 9.17) is 0 Å². The molecule has 4 aromatic rings. The van der Waals surface area contributed by atoms with Crippen LogP contribution < -0.4 is 0 Å². The molecular formula is C19H18IrN5-. The van der Waals surface area contributed by atoms with Gasteiger partial charge in [-0.05, 0) is 37.4 Å². The minimum Gasteiger partial charge on any atom is -0.371 e. The maximum absolute atomic E-state index is 4.61. The zero-order valence-electron chi connectivity index (χ0n) is 14.5. The van der Waals surface area contributed by atoms with E-state index < -0.39 is 0 Å². The Kier molecular flexibility index (Phi) is 4.58. The second kappa shape index (κ2) is 6.54. The average Bonchev–Trinajstić information content (AvgIpc) is 3.13. The summed E-state index contributed by atoms with van der Waals surface area (Å²) in [4.78, 5) is 9.07. The zero-order chi connectivity index (χ0) is 16.8. The van der Waals surface area contributed by atoms with Gasteiger partial charge in [-0.1, -0.05) is 18.2 Å². The van der Waals surface area contributed by atoms with Crippen molar-refractivity contribution in [2.45, 2.75) is 20.8 Å². The first-order valence-corrected chi connectivity index (χ1v) is 7.88. The van der Waals surface area contributed by atoms with E-state index in [0.29, 0.717) is 0 Å². The molecule has 2 heterocycles. The summed E-state index contributed by atoms with van der Waals surface area (Å²) in [5.74, 6) is 1.75. The number of rotatable bonds is 2. The molecule has 2 aromatic carbocycles. The third kappa shape index (κ3) is 2.81. The van der Waals surface area contributed by atoms with Gasteiger partial charge in [0.2, 0.25) is 0 Å². The normalized spacial score (nSPS) is 10.9. The van der Waals surface area contributed by atoms with Crippen LogP contribution in [0.5, 0.6) is 0 Å². The van der Waals surface area contributed by atoms with Gasteiger partial charge in [-0.25, -0.2) is 0 Å². The Labute approximate surface area is 160 Å². The fourth-order valence-electron chi connectivity index (χ4n) is 3.11. The van der Waals surface area contributed by atoms with Crippen LogP contribution in [0, 0.1) is 26.8 Å². The largest absolute Gasteiger partial charge is 0.371 e. The number of imidazole rings is 1. The summed E-state index contributed by atoms with van der Waals surface area (Å²) < 4.78 is 3.95. The molecule has 0 saturated carbocycles. The van der Waals surface area contributed by atoms with Gasteiger partial charge in [-0.2, -0.15) is 5.10 Å². The first kappa shape index (κ1) is 17.5. The van der Waals surface area contributed by atoms with Crippen molar-refractivity contribution in [3.8, 4) is 17.1 Å². The van der Waals surface area contributed by atoms with Crippen molar-refractivity contribution in [2.24, 2.45) is 7.05 Å². The van der Waals surface area contributed by atoms with Crippen molar-refractivity contribution in [3.63, 3.8) is 0 Å². The van der Waals surface area contributed by atoms with Crippen LogP contribution in [0.15, 0.2) is 36.7 Å². The van der Waals surface area contributed by atoms with Crippen molar-refractivity contribution in [1.29, 1.82) is 0 Å². The van der Waals surface area contributed by atoms with E-state index in [2.05, 4.69) is 57.7 Å². The Bertz CT molecular complexity index is 1040. The second-order valence-corrected chi connectivity index (χ2v) is 6.07. The number of fused-ring (bicyclic) bond motifs is 1. The third-order valence-corrected chi connectivity index (χ3v) is 4.48.